The third kappa shape index (κ3) is 3.91. The van der Waals surface area contributed by atoms with Gasteiger partial charge >= 0.3 is 0 Å². The van der Waals surface area contributed by atoms with Crippen LogP contribution in [0.5, 0.6) is 0 Å². The lowest BCUT2D eigenvalue weighted by molar-refractivity contribution is 0.492. The van der Waals surface area contributed by atoms with Gasteiger partial charge < -0.3 is 5.32 Å². The van der Waals surface area contributed by atoms with Crippen LogP contribution in [0, 0.1) is 6.92 Å². The van der Waals surface area contributed by atoms with Crippen molar-refractivity contribution in [2.75, 3.05) is 20.6 Å². The SMILES string of the molecule is C=C(C)CN(C)S(=O)(=O)c1cc(CNC)cc(C)c1Br. The van der Waals surface area contributed by atoms with E-state index in [4.69, 9.17) is 0 Å². The van der Waals surface area contributed by atoms with E-state index in [0.717, 1.165) is 16.7 Å². The molecule has 1 aromatic rings. The molecule has 0 unspecified atom stereocenters. The molecule has 4 nitrogen and oxygen atoms in total. The third-order valence-electron chi connectivity index (χ3n) is 2.84. The van der Waals surface area contributed by atoms with Crippen LogP contribution < -0.4 is 5.32 Å². The number of aryl methyl sites for hydroxylation is 1. The lowest BCUT2D eigenvalue weighted by Gasteiger charge is -2.19. The van der Waals surface area contributed by atoms with E-state index in [1.54, 1.807) is 13.1 Å². The lowest BCUT2D eigenvalue weighted by Crippen LogP contribution is -2.29. The molecular weight excluding hydrogens is 340 g/mol. The van der Waals surface area contributed by atoms with Crippen molar-refractivity contribution in [2.45, 2.75) is 25.3 Å². The third-order valence-corrected chi connectivity index (χ3v) is 5.99. The Morgan fingerprint density at radius 3 is 2.55 bits per heavy atom. The van der Waals surface area contributed by atoms with Gasteiger partial charge in [-0.25, -0.2) is 8.42 Å². The second-order valence-electron chi connectivity index (χ2n) is 4.97. The fraction of sp³-hybridized carbons (Fsp3) is 0.429. The Morgan fingerprint density at radius 1 is 1.45 bits per heavy atom. The Bertz CT molecular complexity index is 612. The van der Waals surface area contributed by atoms with E-state index < -0.39 is 10.0 Å². The predicted molar refractivity (Wildman–Crippen MR) is 86.3 cm³/mol. The Hall–Kier alpha value is -0.690. The maximum absolute atomic E-state index is 12.6. The van der Waals surface area contributed by atoms with Gasteiger partial charge in [0.1, 0.15) is 0 Å². The second kappa shape index (κ2) is 6.85. The Balaban J connectivity index is 3.33. The smallest absolute Gasteiger partial charge is 0.244 e. The van der Waals surface area contributed by atoms with Gasteiger partial charge in [-0.05, 0) is 54.0 Å². The van der Waals surface area contributed by atoms with Crippen LogP contribution in [0.3, 0.4) is 0 Å². The van der Waals surface area contributed by atoms with Crippen LogP contribution in [0.4, 0.5) is 0 Å². The number of benzene rings is 1. The van der Waals surface area contributed by atoms with Crippen molar-refractivity contribution < 1.29 is 8.42 Å². The summed E-state index contributed by atoms with van der Waals surface area (Å²) in [4.78, 5) is 0.298. The number of hydrogen-bond donors (Lipinski definition) is 1. The van der Waals surface area contributed by atoms with E-state index in [1.807, 2.05) is 27.0 Å². The fourth-order valence-corrected chi connectivity index (χ4v) is 4.19. The van der Waals surface area contributed by atoms with Gasteiger partial charge in [-0.15, -0.1) is 0 Å². The van der Waals surface area contributed by atoms with Crippen molar-refractivity contribution in [3.8, 4) is 0 Å². The number of nitrogens with one attached hydrogen (secondary N) is 1. The summed E-state index contributed by atoms with van der Waals surface area (Å²) < 4.78 is 27.2. The van der Waals surface area contributed by atoms with E-state index in [2.05, 4.69) is 27.8 Å². The van der Waals surface area contributed by atoms with E-state index in [9.17, 15) is 8.42 Å². The topological polar surface area (TPSA) is 49.4 Å². The molecule has 0 saturated heterocycles. The molecule has 0 fully saturated rings. The quantitative estimate of drug-likeness (QED) is 0.793. The van der Waals surface area contributed by atoms with E-state index in [0.29, 0.717) is 22.5 Å². The van der Waals surface area contributed by atoms with Crippen molar-refractivity contribution in [1.29, 1.82) is 0 Å². The minimum Gasteiger partial charge on any atom is -0.316 e. The van der Waals surface area contributed by atoms with Crippen molar-refractivity contribution in [3.05, 3.63) is 39.9 Å². The molecule has 0 aliphatic carbocycles. The van der Waals surface area contributed by atoms with Crippen LogP contribution in [-0.4, -0.2) is 33.4 Å². The van der Waals surface area contributed by atoms with Crippen molar-refractivity contribution in [2.24, 2.45) is 0 Å². The number of halogens is 1. The van der Waals surface area contributed by atoms with Crippen LogP contribution in [0.2, 0.25) is 0 Å². The van der Waals surface area contributed by atoms with Crippen molar-refractivity contribution in [3.63, 3.8) is 0 Å². The van der Waals surface area contributed by atoms with E-state index in [1.165, 1.54) is 4.31 Å². The van der Waals surface area contributed by atoms with Gasteiger partial charge in [0, 0.05) is 24.6 Å². The minimum atomic E-state index is -3.53. The van der Waals surface area contributed by atoms with Gasteiger partial charge in [0.05, 0.1) is 4.90 Å². The molecule has 0 heterocycles. The summed E-state index contributed by atoms with van der Waals surface area (Å²) in [5.41, 5.74) is 2.64. The Kier molecular flexibility index (Phi) is 5.94. The first-order chi connectivity index (χ1) is 9.20. The maximum Gasteiger partial charge on any atom is 0.244 e. The Morgan fingerprint density at radius 2 is 2.05 bits per heavy atom. The van der Waals surface area contributed by atoms with Crippen LogP contribution in [0.15, 0.2) is 33.7 Å². The first-order valence-corrected chi connectivity index (χ1v) is 8.47. The molecule has 0 radical (unpaired) electrons. The zero-order chi connectivity index (χ0) is 15.5. The fourth-order valence-electron chi connectivity index (χ4n) is 1.94. The van der Waals surface area contributed by atoms with Gasteiger partial charge in [-0.1, -0.05) is 18.2 Å². The predicted octanol–water partition coefficient (Wildman–Crippen LogP) is 2.67. The summed E-state index contributed by atoms with van der Waals surface area (Å²) in [6, 6.07) is 3.68. The number of rotatable bonds is 6. The largest absolute Gasteiger partial charge is 0.316 e. The minimum absolute atomic E-state index is 0.298. The van der Waals surface area contributed by atoms with Gasteiger partial charge in [-0.2, -0.15) is 4.31 Å². The summed E-state index contributed by atoms with van der Waals surface area (Å²) in [5, 5.41) is 3.03. The molecule has 0 bridgehead atoms. The molecule has 112 valence electrons. The maximum atomic E-state index is 12.6. The molecule has 1 N–H and O–H groups in total. The van der Waals surface area contributed by atoms with Gasteiger partial charge in [0.15, 0.2) is 0 Å². The number of sulfonamides is 1. The molecule has 1 aromatic carbocycles. The number of likely N-dealkylation sites (N-methyl/N-ethyl adjacent to an activating group) is 1. The van der Waals surface area contributed by atoms with Gasteiger partial charge in [0.2, 0.25) is 10.0 Å². The van der Waals surface area contributed by atoms with Crippen LogP contribution in [0.25, 0.3) is 0 Å². The van der Waals surface area contributed by atoms with Gasteiger partial charge in [0.25, 0.3) is 0 Å². The highest BCUT2D eigenvalue weighted by molar-refractivity contribution is 9.10. The van der Waals surface area contributed by atoms with Crippen LogP contribution in [-0.2, 0) is 16.6 Å². The summed E-state index contributed by atoms with van der Waals surface area (Å²) in [5.74, 6) is 0. The van der Waals surface area contributed by atoms with Crippen LogP contribution >= 0.6 is 15.9 Å². The normalized spacial score (nSPS) is 11.9. The summed E-state index contributed by atoms with van der Waals surface area (Å²) in [7, 11) is -0.132. The average molecular weight is 361 g/mol. The van der Waals surface area contributed by atoms with Gasteiger partial charge in [-0.3, -0.25) is 0 Å². The lowest BCUT2D eigenvalue weighted by atomic mass is 10.1. The molecule has 0 atom stereocenters. The molecule has 0 spiro atoms. The van der Waals surface area contributed by atoms with Crippen molar-refractivity contribution >= 4 is 26.0 Å². The number of hydrogen-bond acceptors (Lipinski definition) is 3. The number of nitrogens with zero attached hydrogens (tertiary/aromatic N) is 1. The van der Waals surface area contributed by atoms with Crippen LogP contribution in [0.1, 0.15) is 18.1 Å². The van der Waals surface area contributed by atoms with E-state index in [-0.39, 0.29) is 0 Å². The molecule has 20 heavy (non-hydrogen) atoms. The molecule has 1 rings (SSSR count). The highest BCUT2D eigenvalue weighted by Gasteiger charge is 2.24. The van der Waals surface area contributed by atoms with E-state index >= 15 is 0 Å². The Labute approximate surface area is 130 Å². The first kappa shape index (κ1) is 17.4. The second-order valence-corrected chi connectivity index (χ2v) is 7.78. The molecule has 0 amide bonds. The van der Waals surface area contributed by atoms with Crippen molar-refractivity contribution in [1.82, 2.24) is 9.62 Å². The summed E-state index contributed by atoms with van der Waals surface area (Å²) >= 11 is 3.39. The molecule has 0 aromatic heterocycles. The molecule has 0 saturated carbocycles. The first-order valence-electron chi connectivity index (χ1n) is 6.24. The average Bonchev–Trinajstić information content (AvgIpc) is 2.32. The zero-order valence-corrected chi connectivity index (χ0v) is 14.7. The standard InChI is InChI=1S/C14H21BrN2O2S/c1-10(2)9-17(5)20(18,19)13-7-12(8-16-4)6-11(3)14(13)15/h6-7,16H,1,8-9H2,2-5H3. The zero-order valence-electron chi connectivity index (χ0n) is 12.3. The molecule has 0 aliphatic rings. The highest BCUT2D eigenvalue weighted by Crippen LogP contribution is 2.29. The summed E-state index contributed by atoms with van der Waals surface area (Å²) in [6.45, 7) is 8.40. The molecule has 6 heteroatoms. The monoisotopic (exact) mass is 360 g/mol. The highest BCUT2D eigenvalue weighted by atomic mass is 79.9. The molecular formula is C14H21BrN2O2S. The molecule has 0 aliphatic heterocycles. The summed E-state index contributed by atoms with van der Waals surface area (Å²) in [6.07, 6.45) is 0.